The first-order valence-electron chi connectivity index (χ1n) is 9.77. The molecule has 9 heteroatoms. The Morgan fingerprint density at radius 1 is 1.13 bits per heavy atom. The van der Waals surface area contributed by atoms with Gasteiger partial charge in [0.05, 0.1) is 28.6 Å². The number of carboxylic acids is 1. The molecule has 0 spiro atoms. The van der Waals surface area contributed by atoms with Gasteiger partial charge in [0.2, 0.25) is 0 Å². The molecule has 0 aliphatic heterocycles. The van der Waals surface area contributed by atoms with Crippen LogP contribution in [0.1, 0.15) is 29.8 Å². The zero-order valence-electron chi connectivity index (χ0n) is 17.6. The van der Waals surface area contributed by atoms with Crippen LogP contribution in [-0.2, 0) is 14.8 Å². The maximum atomic E-state index is 12.9. The Kier molecular flexibility index (Phi) is 6.65. The van der Waals surface area contributed by atoms with Crippen molar-refractivity contribution in [1.82, 2.24) is 9.78 Å². The zero-order valence-corrected chi connectivity index (χ0v) is 18.4. The van der Waals surface area contributed by atoms with Crippen LogP contribution in [0, 0.1) is 20.8 Å². The Bertz CT molecular complexity index is 1200. The average Bonchev–Trinajstić information content (AvgIpc) is 3.04. The molecule has 164 valence electrons. The maximum Gasteiger partial charge on any atom is 0.303 e. The van der Waals surface area contributed by atoms with Gasteiger partial charge in [-0.15, -0.1) is 0 Å². The fourth-order valence-corrected chi connectivity index (χ4v) is 4.30. The number of benzene rings is 2. The van der Waals surface area contributed by atoms with Gasteiger partial charge < -0.3 is 9.84 Å². The van der Waals surface area contributed by atoms with E-state index in [-0.39, 0.29) is 17.9 Å². The van der Waals surface area contributed by atoms with E-state index >= 15 is 0 Å². The van der Waals surface area contributed by atoms with E-state index in [0.29, 0.717) is 23.4 Å². The molecule has 3 aromatic rings. The van der Waals surface area contributed by atoms with Gasteiger partial charge in [-0.25, -0.2) is 13.1 Å². The number of aryl methyl sites for hydroxylation is 3. The number of carboxylic acid groups (broad SMARTS) is 1. The SMILES string of the molecule is Cc1cc(C)n(-c2cccc(NS(=O)(=O)c3ccc(OCCCC(=O)O)c(C)c3)c2)n1. The Morgan fingerprint density at radius 3 is 2.55 bits per heavy atom. The van der Waals surface area contributed by atoms with Gasteiger partial charge in [-0.05, 0) is 75.2 Å². The molecule has 31 heavy (non-hydrogen) atoms. The van der Waals surface area contributed by atoms with E-state index in [2.05, 4.69) is 9.82 Å². The standard InChI is InChI=1S/C22H25N3O5S/c1-15-12-20(9-10-21(15)30-11-5-8-22(26)27)31(28,29)24-18-6-4-7-19(14-18)25-17(3)13-16(2)23-25/h4,6-7,9-10,12-14,24H,5,8,11H2,1-3H3,(H,26,27). The first-order valence-corrected chi connectivity index (χ1v) is 11.3. The van der Waals surface area contributed by atoms with E-state index in [9.17, 15) is 13.2 Å². The fourth-order valence-electron chi connectivity index (χ4n) is 3.16. The quantitative estimate of drug-likeness (QED) is 0.486. The molecule has 8 nitrogen and oxygen atoms in total. The number of hydrogen-bond acceptors (Lipinski definition) is 5. The van der Waals surface area contributed by atoms with E-state index in [1.54, 1.807) is 35.9 Å². The van der Waals surface area contributed by atoms with Crippen LogP contribution >= 0.6 is 0 Å². The second kappa shape index (κ2) is 9.22. The lowest BCUT2D eigenvalue weighted by molar-refractivity contribution is -0.137. The highest BCUT2D eigenvalue weighted by Gasteiger charge is 2.16. The molecule has 0 radical (unpaired) electrons. The number of ether oxygens (including phenoxy) is 1. The summed E-state index contributed by atoms with van der Waals surface area (Å²) in [5.41, 5.74) is 3.66. The van der Waals surface area contributed by atoms with Crippen molar-refractivity contribution in [2.75, 3.05) is 11.3 Å². The van der Waals surface area contributed by atoms with Crippen LogP contribution in [0.4, 0.5) is 5.69 Å². The molecule has 1 heterocycles. The number of nitrogens with one attached hydrogen (secondary N) is 1. The summed E-state index contributed by atoms with van der Waals surface area (Å²) in [7, 11) is -3.81. The van der Waals surface area contributed by atoms with Crippen LogP contribution in [0.15, 0.2) is 53.4 Å². The Morgan fingerprint density at radius 2 is 1.90 bits per heavy atom. The number of aliphatic carboxylic acids is 1. The van der Waals surface area contributed by atoms with Gasteiger partial charge in [-0.3, -0.25) is 9.52 Å². The predicted molar refractivity (Wildman–Crippen MR) is 117 cm³/mol. The van der Waals surface area contributed by atoms with Gasteiger partial charge in [-0.1, -0.05) is 6.07 Å². The van der Waals surface area contributed by atoms with E-state index in [1.807, 2.05) is 26.0 Å². The van der Waals surface area contributed by atoms with E-state index in [1.165, 1.54) is 12.1 Å². The van der Waals surface area contributed by atoms with Crippen molar-refractivity contribution in [1.29, 1.82) is 0 Å². The first kappa shape index (κ1) is 22.4. The summed E-state index contributed by atoms with van der Waals surface area (Å²) in [5.74, 6) is -0.356. The molecule has 0 amide bonds. The highest BCUT2D eigenvalue weighted by Crippen LogP contribution is 2.25. The number of carbonyl (C=O) groups is 1. The average molecular weight is 444 g/mol. The summed E-state index contributed by atoms with van der Waals surface area (Å²) in [6.45, 7) is 5.83. The number of aromatic nitrogens is 2. The number of rotatable bonds is 9. The summed E-state index contributed by atoms with van der Waals surface area (Å²) in [4.78, 5) is 10.7. The third-order valence-electron chi connectivity index (χ3n) is 4.60. The van der Waals surface area contributed by atoms with Crippen molar-refractivity contribution < 1.29 is 23.1 Å². The molecule has 0 aliphatic rings. The van der Waals surface area contributed by atoms with Crippen LogP contribution < -0.4 is 9.46 Å². The number of nitrogens with zero attached hydrogens (tertiary/aromatic N) is 2. The van der Waals surface area contributed by atoms with E-state index < -0.39 is 16.0 Å². The van der Waals surface area contributed by atoms with Crippen molar-refractivity contribution in [2.24, 2.45) is 0 Å². The third kappa shape index (κ3) is 5.64. The maximum absolute atomic E-state index is 12.9. The van der Waals surface area contributed by atoms with Crippen molar-refractivity contribution in [3.63, 3.8) is 0 Å². The predicted octanol–water partition coefficient (Wildman–Crippen LogP) is 3.84. The van der Waals surface area contributed by atoms with Gasteiger partial charge in [0, 0.05) is 12.1 Å². The Balaban J connectivity index is 1.75. The van der Waals surface area contributed by atoms with Gasteiger partial charge in [-0.2, -0.15) is 5.10 Å². The van der Waals surface area contributed by atoms with Gasteiger partial charge >= 0.3 is 5.97 Å². The summed E-state index contributed by atoms with van der Waals surface area (Å²) in [5, 5.41) is 13.1. The Labute approximate surface area is 181 Å². The molecule has 0 unspecified atom stereocenters. The summed E-state index contributed by atoms with van der Waals surface area (Å²) < 4.78 is 35.7. The molecule has 2 aromatic carbocycles. The minimum absolute atomic E-state index is 0.0200. The number of hydrogen-bond donors (Lipinski definition) is 2. The molecular weight excluding hydrogens is 418 g/mol. The highest BCUT2D eigenvalue weighted by molar-refractivity contribution is 7.92. The number of anilines is 1. The number of sulfonamides is 1. The van der Waals surface area contributed by atoms with Crippen molar-refractivity contribution in [3.05, 3.63) is 65.5 Å². The topological polar surface area (TPSA) is 111 Å². The largest absolute Gasteiger partial charge is 0.493 e. The molecule has 1 aromatic heterocycles. The first-order chi connectivity index (χ1) is 14.7. The Hall–Kier alpha value is -3.33. The van der Waals surface area contributed by atoms with Crippen molar-refractivity contribution in [3.8, 4) is 11.4 Å². The van der Waals surface area contributed by atoms with E-state index in [0.717, 1.165) is 17.1 Å². The van der Waals surface area contributed by atoms with Crippen LogP contribution in [0.5, 0.6) is 5.75 Å². The van der Waals surface area contributed by atoms with Crippen LogP contribution in [0.2, 0.25) is 0 Å². The van der Waals surface area contributed by atoms with Crippen LogP contribution in [0.3, 0.4) is 0 Å². The second-order valence-electron chi connectivity index (χ2n) is 7.27. The second-order valence-corrected chi connectivity index (χ2v) is 8.95. The van der Waals surface area contributed by atoms with Gasteiger partial charge in [0.1, 0.15) is 5.75 Å². The molecule has 0 fully saturated rings. The lowest BCUT2D eigenvalue weighted by Gasteiger charge is -2.13. The van der Waals surface area contributed by atoms with Crippen molar-refractivity contribution >= 4 is 21.7 Å². The fraction of sp³-hybridized carbons (Fsp3) is 0.273. The summed E-state index contributed by atoms with van der Waals surface area (Å²) in [6.07, 6.45) is 0.397. The molecule has 3 rings (SSSR count). The minimum atomic E-state index is -3.81. The van der Waals surface area contributed by atoms with Gasteiger partial charge in [0.15, 0.2) is 0 Å². The third-order valence-corrected chi connectivity index (χ3v) is 5.98. The molecular formula is C22H25N3O5S. The lowest BCUT2D eigenvalue weighted by atomic mass is 10.2. The normalized spacial score (nSPS) is 11.3. The lowest BCUT2D eigenvalue weighted by Crippen LogP contribution is -2.14. The minimum Gasteiger partial charge on any atom is -0.493 e. The van der Waals surface area contributed by atoms with E-state index in [4.69, 9.17) is 9.84 Å². The monoisotopic (exact) mass is 443 g/mol. The smallest absolute Gasteiger partial charge is 0.303 e. The molecule has 2 N–H and O–H groups in total. The molecule has 0 atom stereocenters. The molecule has 0 saturated heterocycles. The summed E-state index contributed by atoms with van der Waals surface area (Å²) >= 11 is 0. The highest BCUT2D eigenvalue weighted by atomic mass is 32.2. The van der Waals surface area contributed by atoms with Gasteiger partial charge in [0.25, 0.3) is 10.0 Å². The van der Waals surface area contributed by atoms with Crippen LogP contribution in [-0.4, -0.2) is 35.9 Å². The zero-order chi connectivity index (χ0) is 22.6. The molecule has 0 saturated carbocycles. The summed E-state index contributed by atoms with van der Waals surface area (Å²) in [6, 6.07) is 13.6. The van der Waals surface area contributed by atoms with Crippen molar-refractivity contribution in [2.45, 2.75) is 38.5 Å². The van der Waals surface area contributed by atoms with Crippen LogP contribution in [0.25, 0.3) is 5.69 Å². The molecule has 0 bridgehead atoms. The molecule has 0 aliphatic carbocycles.